The van der Waals surface area contributed by atoms with E-state index in [2.05, 4.69) is 5.32 Å². The number of piperidine rings is 1. The number of amides is 1. The van der Waals surface area contributed by atoms with Crippen LogP contribution in [0.15, 0.2) is 41.3 Å². The molecule has 0 atom stereocenters. The largest absolute Gasteiger partial charge is 0.495 e. The normalized spacial score (nSPS) is 16.1. The SMILES string of the molecule is COc1ccc(C)cc1S(=O)(=O)N1CCC(C(=O)Nc2cc(C(F)(F)F)ccc2Cl)CC1. The standard InChI is InChI=1S/C21H22ClF3N2O4S/c1-13-3-6-18(31-2)19(11-13)32(29,30)27-9-7-14(8-10-27)20(28)26-17-12-15(21(23,24)25)4-5-16(17)22/h3-6,11-12,14H,7-10H2,1-2H3,(H,26,28). The summed E-state index contributed by atoms with van der Waals surface area (Å²) in [5.41, 5.74) is -0.298. The number of alkyl halides is 3. The Labute approximate surface area is 189 Å². The monoisotopic (exact) mass is 490 g/mol. The van der Waals surface area contributed by atoms with Crippen molar-refractivity contribution in [3.63, 3.8) is 0 Å². The molecule has 6 nitrogen and oxygen atoms in total. The van der Waals surface area contributed by atoms with Crippen LogP contribution in [0, 0.1) is 12.8 Å². The molecule has 32 heavy (non-hydrogen) atoms. The summed E-state index contributed by atoms with van der Waals surface area (Å²) in [6, 6.07) is 7.55. The summed E-state index contributed by atoms with van der Waals surface area (Å²) in [7, 11) is -2.45. The molecule has 0 radical (unpaired) electrons. The van der Waals surface area contributed by atoms with E-state index in [0.717, 1.165) is 23.8 Å². The first-order valence-corrected chi connectivity index (χ1v) is 11.6. The Morgan fingerprint density at radius 3 is 2.41 bits per heavy atom. The van der Waals surface area contributed by atoms with E-state index in [9.17, 15) is 26.4 Å². The van der Waals surface area contributed by atoms with Crippen molar-refractivity contribution in [2.24, 2.45) is 5.92 Å². The number of sulfonamides is 1. The maximum atomic E-state index is 13.1. The number of carbonyl (C=O) groups excluding carboxylic acids is 1. The average molecular weight is 491 g/mol. The first-order valence-electron chi connectivity index (χ1n) is 9.76. The highest BCUT2D eigenvalue weighted by molar-refractivity contribution is 7.89. The predicted molar refractivity (Wildman–Crippen MR) is 114 cm³/mol. The van der Waals surface area contributed by atoms with E-state index in [0.29, 0.717) is 0 Å². The quantitative estimate of drug-likeness (QED) is 0.658. The number of ether oxygens (including phenoxy) is 1. The Morgan fingerprint density at radius 1 is 1.16 bits per heavy atom. The second-order valence-corrected chi connectivity index (χ2v) is 9.83. The summed E-state index contributed by atoms with van der Waals surface area (Å²) in [4.78, 5) is 12.7. The number of hydrogen-bond donors (Lipinski definition) is 1. The smallest absolute Gasteiger partial charge is 0.416 e. The molecule has 0 aromatic heterocycles. The van der Waals surface area contributed by atoms with Crippen LogP contribution in [-0.4, -0.2) is 38.8 Å². The van der Waals surface area contributed by atoms with Crippen LogP contribution in [0.3, 0.4) is 0 Å². The minimum absolute atomic E-state index is 0.0158. The molecule has 1 saturated heterocycles. The highest BCUT2D eigenvalue weighted by atomic mass is 35.5. The molecule has 0 unspecified atom stereocenters. The summed E-state index contributed by atoms with van der Waals surface area (Å²) in [6.07, 6.45) is -4.13. The van der Waals surface area contributed by atoms with Gasteiger partial charge in [0.15, 0.2) is 0 Å². The van der Waals surface area contributed by atoms with Gasteiger partial charge in [0.05, 0.1) is 23.4 Å². The first-order chi connectivity index (χ1) is 14.9. The van der Waals surface area contributed by atoms with Gasteiger partial charge in [-0.25, -0.2) is 8.42 Å². The fraction of sp³-hybridized carbons (Fsp3) is 0.381. The van der Waals surface area contributed by atoms with Crippen molar-refractivity contribution >= 4 is 33.2 Å². The molecule has 0 bridgehead atoms. The summed E-state index contributed by atoms with van der Waals surface area (Å²) >= 11 is 5.94. The Balaban J connectivity index is 1.70. The van der Waals surface area contributed by atoms with Crippen LogP contribution in [0.4, 0.5) is 18.9 Å². The molecule has 0 spiro atoms. The van der Waals surface area contributed by atoms with Crippen LogP contribution in [-0.2, 0) is 21.0 Å². The number of methoxy groups -OCH3 is 1. The minimum atomic E-state index is -4.57. The number of hydrogen-bond acceptors (Lipinski definition) is 4. The van der Waals surface area contributed by atoms with Crippen molar-refractivity contribution in [1.29, 1.82) is 0 Å². The molecule has 174 valence electrons. The Kier molecular flexibility index (Phi) is 7.06. The molecule has 11 heteroatoms. The van der Waals surface area contributed by atoms with E-state index in [1.807, 2.05) is 0 Å². The number of benzene rings is 2. The lowest BCUT2D eigenvalue weighted by Gasteiger charge is -2.31. The zero-order chi connectivity index (χ0) is 23.7. The van der Waals surface area contributed by atoms with E-state index >= 15 is 0 Å². The molecule has 0 aliphatic carbocycles. The fourth-order valence-electron chi connectivity index (χ4n) is 3.52. The van der Waals surface area contributed by atoms with Gasteiger partial charge in [-0.1, -0.05) is 17.7 Å². The van der Waals surface area contributed by atoms with Crippen LogP contribution >= 0.6 is 11.6 Å². The van der Waals surface area contributed by atoms with Crippen molar-refractivity contribution in [2.45, 2.75) is 30.8 Å². The van der Waals surface area contributed by atoms with Crippen molar-refractivity contribution in [1.82, 2.24) is 4.31 Å². The summed E-state index contributed by atoms with van der Waals surface area (Å²) in [5, 5.41) is 2.43. The van der Waals surface area contributed by atoms with Crippen LogP contribution in [0.25, 0.3) is 0 Å². The topological polar surface area (TPSA) is 75.7 Å². The molecule has 2 aromatic rings. The van der Waals surface area contributed by atoms with Crippen molar-refractivity contribution < 1.29 is 31.1 Å². The van der Waals surface area contributed by atoms with Gasteiger partial charge in [0.25, 0.3) is 0 Å². The van der Waals surface area contributed by atoms with Crippen molar-refractivity contribution in [3.8, 4) is 5.75 Å². The molecular formula is C21H22ClF3N2O4S. The highest BCUT2D eigenvalue weighted by Gasteiger charge is 2.35. The molecule has 3 rings (SSSR count). The number of anilines is 1. The molecule has 1 amide bonds. The van der Waals surface area contributed by atoms with Gasteiger partial charge in [-0.2, -0.15) is 17.5 Å². The number of nitrogens with one attached hydrogen (secondary N) is 1. The van der Waals surface area contributed by atoms with E-state index in [-0.39, 0.29) is 47.3 Å². The van der Waals surface area contributed by atoms with Gasteiger partial charge in [-0.05, 0) is 55.7 Å². The number of halogens is 4. The zero-order valence-electron chi connectivity index (χ0n) is 17.4. The van der Waals surface area contributed by atoms with Crippen LogP contribution in [0.5, 0.6) is 5.75 Å². The zero-order valence-corrected chi connectivity index (χ0v) is 18.9. The predicted octanol–water partition coefficient (Wildman–Crippen LogP) is 4.72. The van der Waals surface area contributed by atoms with E-state index in [1.54, 1.807) is 19.1 Å². The van der Waals surface area contributed by atoms with Crippen molar-refractivity contribution in [3.05, 3.63) is 52.5 Å². The van der Waals surface area contributed by atoms with Crippen molar-refractivity contribution in [2.75, 3.05) is 25.5 Å². The number of carbonyl (C=O) groups is 1. The van der Waals surface area contributed by atoms with Gasteiger partial charge in [0.2, 0.25) is 15.9 Å². The van der Waals surface area contributed by atoms with Crippen LogP contribution in [0.1, 0.15) is 24.0 Å². The van der Waals surface area contributed by atoms with Gasteiger partial charge < -0.3 is 10.1 Å². The fourth-order valence-corrected chi connectivity index (χ4v) is 5.39. The lowest BCUT2D eigenvalue weighted by molar-refractivity contribution is -0.137. The molecule has 1 aliphatic heterocycles. The number of nitrogens with zero attached hydrogens (tertiary/aromatic N) is 1. The van der Waals surface area contributed by atoms with E-state index in [1.165, 1.54) is 17.5 Å². The molecule has 1 heterocycles. The summed E-state index contributed by atoms with van der Waals surface area (Å²) < 4.78 is 71.5. The lowest BCUT2D eigenvalue weighted by atomic mass is 9.97. The van der Waals surface area contributed by atoms with Gasteiger partial charge in [-0.3, -0.25) is 4.79 Å². The first kappa shape index (κ1) is 24.3. The van der Waals surface area contributed by atoms with Gasteiger partial charge in [0, 0.05) is 19.0 Å². The molecular weight excluding hydrogens is 469 g/mol. The summed E-state index contributed by atoms with van der Waals surface area (Å²) in [5.74, 6) is -0.836. The Morgan fingerprint density at radius 2 is 1.81 bits per heavy atom. The maximum Gasteiger partial charge on any atom is 0.416 e. The molecule has 1 fully saturated rings. The number of aryl methyl sites for hydroxylation is 1. The summed E-state index contributed by atoms with van der Waals surface area (Å²) in [6.45, 7) is 1.95. The molecule has 2 aromatic carbocycles. The number of rotatable bonds is 5. The third-order valence-electron chi connectivity index (χ3n) is 5.31. The Bertz CT molecular complexity index is 1110. The second kappa shape index (κ2) is 9.29. The van der Waals surface area contributed by atoms with Gasteiger partial charge in [-0.15, -0.1) is 0 Å². The van der Waals surface area contributed by atoms with E-state index in [4.69, 9.17) is 16.3 Å². The molecule has 1 N–H and O–H groups in total. The molecule has 1 aliphatic rings. The third-order valence-corrected chi connectivity index (χ3v) is 7.56. The maximum absolute atomic E-state index is 13.1. The minimum Gasteiger partial charge on any atom is -0.495 e. The van der Waals surface area contributed by atoms with Gasteiger partial charge >= 0.3 is 6.18 Å². The molecule has 0 saturated carbocycles. The lowest BCUT2D eigenvalue weighted by Crippen LogP contribution is -2.41. The third kappa shape index (κ3) is 5.19. The Hall–Kier alpha value is -2.30. The average Bonchev–Trinajstić information content (AvgIpc) is 2.74. The second-order valence-electron chi connectivity index (χ2n) is 7.51. The highest BCUT2D eigenvalue weighted by Crippen LogP contribution is 2.35. The van der Waals surface area contributed by atoms with Crippen LogP contribution < -0.4 is 10.1 Å². The van der Waals surface area contributed by atoms with Crippen LogP contribution in [0.2, 0.25) is 5.02 Å². The van der Waals surface area contributed by atoms with E-state index < -0.39 is 33.6 Å². The van der Waals surface area contributed by atoms with Gasteiger partial charge in [0.1, 0.15) is 10.6 Å².